The zero-order valence-corrected chi connectivity index (χ0v) is 19.5. The molecule has 1 saturated heterocycles. The van der Waals surface area contributed by atoms with Crippen LogP contribution >= 0.6 is 35.8 Å². The quantitative estimate of drug-likeness (QED) is 0.305. The van der Waals surface area contributed by atoms with Crippen LogP contribution in [0.25, 0.3) is 0 Å². The number of thiocarbonyl (C=S) groups is 1. The Morgan fingerprint density at radius 1 is 1.24 bits per heavy atom. The summed E-state index contributed by atoms with van der Waals surface area (Å²) < 4.78 is 51.5. The number of thioether (sulfide) groups is 1. The molecule has 176 valence electrons. The zero-order valence-electron chi connectivity index (χ0n) is 17.1. The van der Waals surface area contributed by atoms with Crippen molar-refractivity contribution in [3.8, 4) is 11.5 Å². The van der Waals surface area contributed by atoms with Gasteiger partial charge in [0.1, 0.15) is 21.9 Å². The second-order valence-corrected chi connectivity index (χ2v) is 9.14. The summed E-state index contributed by atoms with van der Waals surface area (Å²) in [4.78, 5) is 25.8. The van der Waals surface area contributed by atoms with Crippen molar-refractivity contribution in [2.24, 2.45) is 0 Å². The van der Waals surface area contributed by atoms with E-state index in [2.05, 4.69) is 14.9 Å². The Labute approximate surface area is 202 Å². The predicted molar refractivity (Wildman–Crippen MR) is 122 cm³/mol. The van der Waals surface area contributed by atoms with Crippen LogP contribution in [0, 0.1) is 0 Å². The lowest BCUT2D eigenvalue weighted by atomic mass is 10.0. The molecule has 1 heterocycles. The van der Waals surface area contributed by atoms with Crippen LogP contribution in [0.3, 0.4) is 0 Å². The van der Waals surface area contributed by atoms with Crippen LogP contribution in [0.2, 0.25) is 0 Å². The number of esters is 1. The van der Waals surface area contributed by atoms with E-state index in [1.165, 1.54) is 19.2 Å². The van der Waals surface area contributed by atoms with Crippen LogP contribution in [0.1, 0.15) is 16.7 Å². The van der Waals surface area contributed by atoms with Gasteiger partial charge in [-0.05, 0) is 60.0 Å². The molecule has 12 heteroatoms. The second kappa shape index (κ2) is 10.7. The van der Waals surface area contributed by atoms with Crippen molar-refractivity contribution in [3.63, 3.8) is 0 Å². The first-order chi connectivity index (χ1) is 15.6. The van der Waals surface area contributed by atoms with Gasteiger partial charge in [0, 0.05) is 0 Å². The van der Waals surface area contributed by atoms with E-state index in [1.54, 1.807) is 24.3 Å². The predicted octanol–water partition coefficient (Wildman–Crippen LogP) is 4.38. The molecule has 0 spiro atoms. The van der Waals surface area contributed by atoms with E-state index in [0.29, 0.717) is 5.75 Å². The average molecular weight is 519 g/mol. The van der Waals surface area contributed by atoms with Gasteiger partial charge >= 0.3 is 12.1 Å². The third-order valence-corrected chi connectivity index (χ3v) is 6.41. The number of carbonyl (C=O) groups excluding carboxylic acids is 2. The molecular formula is C21H18ClF3N2O4S2. The van der Waals surface area contributed by atoms with Gasteiger partial charge in [-0.1, -0.05) is 42.2 Å². The normalized spacial score (nSPS) is 16.9. The van der Waals surface area contributed by atoms with Crippen molar-refractivity contribution < 1.29 is 32.2 Å². The number of amides is 1. The van der Waals surface area contributed by atoms with Crippen LogP contribution in [-0.4, -0.2) is 34.6 Å². The first-order valence-electron chi connectivity index (χ1n) is 9.53. The summed E-state index contributed by atoms with van der Waals surface area (Å²) in [5.41, 5.74) is -0.163. The molecule has 0 radical (unpaired) electrons. The molecule has 33 heavy (non-hydrogen) atoms. The van der Waals surface area contributed by atoms with Gasteiger partial charge in [-0.25, -0.2) is 4.84 Å². The van der Waals surface area contributed by atoms with Crippen LogP contribution in [-0.2, 0) is 33.3 Å². The summed E-state index contributed by atoms with van der Waals surface area (Å²) in [6, 6.07) is 9.34. The fourth-order valence-electron chi connectivity index (χ4n) is 3.16. The Kier molecular flexibility index (Phi) is 8.22. The maximum absolute atomic E-state index is 13.7. The molecule has 1 aliphatic heterocycles. The van der Waals surface area contributed by atoms with Gasteiger partial charge in [-0.3, -0.25) is 9.59 Å². The Bertz CT molecular complexity index is 1050. The number of ether oxygens (including phenoxy) is 2. The van der Waals surface area contributed by atoms with E-state index in [4.69, 9.17) is 28.7 Å². The fraction of sp³-hybridized carbons (Fsp3) is 0.286. The summed E-state index contributed by atoms with van der Waals surface area (Å²) in [6.07, 6.45) is -4.49. The van der Waals surface area contributed by atoms with Crippen LogP contribution < -0.4 is 14.9 Å². The Balaban J connectivity index is 1.75. The van der Waals surface area contributed by atoms with Gasteiger partial charge in [-0.2, -0.15) is 13.2 Å². The van der Waals surface area contributed by atoms with Gasteiger partial charge in [0.2, 0.25) is 5.91 Å². The third-order valence-electron chi connectivity index (χ3n) is 4.78. The van der Waals surface area contributed by atoms with Gasteiger partial charge < -0.3 is 14.8 Å². The summed E-state index contributed by atoms with van der Waals surface area (Å²) in [6.45, 7) is 0. The van der Waals surface area contributed by atoms with Gasteiger partial charge in [0.15, 0.2) is 0 Å². The number of hydrogen-bond acceptors (Lipinski definition) is 7. The van der Waals surface area contributed by atoms with E-state index < -0.39 is 34.9 Å². The highest BCUT2D eigenvalue weighted by atomic mass is 35.5. The van der Waals surface area contributed by atoms with Crippen molar-refractivity contribution in [2.75, 3.05) is 7.11 Å². The number of methoxy groups -OCH3 is 1. The molecule has 0 saturated carbocycles. The number of halogens is 4. The molecule has 1 fully saturated rings. The lowest BCUT2D eigenvalue weighted by molar-refractivity contribution is -0.142. The van der Waals surface area contributed by atoms with E-state index in [9.17, 15) is 22.8 Å². The van der Waals surface area contributed by atoms with Crippen molar-refractivity contribution in [2.45, 2.75) is 30.3 Å². The van der Waals surface area contributed by atoms with Crippen molar-refractivity contribution >= 4 is 52.0 Å². The topological polar surface area (TPSA) is 76.7 Å². The number of nitrogens with one attached hydrogen (secondary N) is 2. The summed E-state index contributed by atoms with van der Waals surface area (Å²) in [7, 11) is 1.25. The molecule has 0 aliphatic carbocycles. The lowest BCUT2D eigenvalue weighted by Gasteiger charge is -2.16. The minimum Gasteiger partial charge on any atom is -0.468 e. The van der Waals surface area contributed by atoms with E-state index in [0.717, 1.165) is 23.4 Å². The first kappa shape index (κ1) is 25.3. The van der Waals surface area contributed by atoms with Gasteiger partial charge in [-0.15, -0.1) is 0 Å². The maximum atomic E-state index is 13.7. The molecule has 1 aliphatic rings. The molecule has 2 aromatic carbocycles. The molecule has 2 aromatic rings. The monoisotopic (exact) mass is 518 g/mol. The first-order valence-corrected chi connectivity index (χ1v) is 11.2. The highest BCUT2D eigenvalue weighted by molar-refractivity contribution is 8.24. The van der Waals surface area contributed by atoms with Crippen molar-refractivity contribution in [1.82, 2.24) is 10.2 Å². The second-order valence-electron chi connectivity index (χ2n) is 7.04. The molecule has 2 atom stereocenters. The standard InChI is InChI=1S/C21H18ClF3N2O4S2/c1-30-19(29)16(27-22)8-11-2-5-13(6-3-11)31-14-7-4-12(15(10-14)21(23,24)25)9-17-18(28)26-20(32)33-17/h2-7,10,16-17,27H,8-9H2,1H3,(H,26,28,32)/t16-,17?/m0/s1. The van der Waals surface area contributed by atoms with E-state index in [1.807, 2.05) is 0 Å². The molecule has 0 aromatic heterocycles. The lowest BCUT2D eigenvalue weighted by Crippen LogP contribution is -2.33. The fourth-order valence-corrected chi connectivity index (χ4v) is 4.62. The molecule has 6 nitrogen and oxygen atoms in total. The number of hydrogen-bond donors (Lipinski definition) is 2. The minimum atomic E-state index is -4.63. The summed E-state index contributed by atoms with van der Waals surface area (Å²) >= 11 is 11.5. The summed E-state index contributed by atoms with van der Waals surface area (Å²) in [5.74, 6) is -0.630. The summed E-state index contributed by atoms with van der Waals surface area (Å²) in [5, 5.41) is 1.72. The van der Waals surface area contributed by atoms with Crippen molar-refractivity contribution in [3.05, 3.63) is 59.2 Å². The van der Waals surface area contributed by atoms with E-state index >= 15 is 0 Å². The van der Waals surface area contributed by atoms with Crippen LogP contribution in [0.4, 0.5) is 13.2 Å². The smallest absolute Gasteiger partial charge is 0.416 e. The average Bonchev–Trinajstić information content (AvgIpc) is 3.09. The van der Waals surface area contributed by atoms with Gasteiger partial charge in [0.25, 0.3) is 0 Å². The zero-order chi connectivity index (χ0) is 24.2. The third kappa shape index (κ3) is 6.59. The Hall–Kier alpha value is -2.34. The molecule has 3 rings (SSSR count). The maximum Gasteiger partial charge on any atom is 0.416 e. The minimum absolute atomic E-state index is 0.00673. The largest absolute Gasteiger partial charge is 0.468 e. The van der Waals surface area contributed by atoms with Gasteiger partial charge in [0.05, 0.1) is 17.9 Å². The highest BCUT2D eigenvalue weighted by Crippen LogP contribution is 2.37. The molecule has 1 unspecified atom stereocenters. The number of benzene rings is 2. The SMILES string of the molecule is COC(=O)[C@H](Cc1ccc(Oc2ccc(CC3SC(=S)NC3=O)c(C(F)(F)F)c2)cc1)NCl. The molecule has 0 bridgehead atoms. The molecule has 2 N–H and O–H groups in total. The number of alkyl halides is 3. The van der Waals surface area contributed by atoms with E-state index in [-0.39, 0.29) is 28.5 Å². The van der Waals surface area contributed by atoms with Crippen LogP contribution in [0.15, 0.2) is 42.5 Å². The number of rotatable bonds is 8. The molecule has 1 amide bonds. The Morgan fingerprint density at radius 3 is 2.45 bits per heavy atom. The molecular weight excluding hydrogens is 501 g/mol. The number of carbonyl (C=O) groups is 2. The van der Waals surface area contributed by atoms with Crippen molar-refractivity contribution in [1.29, 1.82) is 0 Å². The van der Waals surface area contributed by atoms with Crippen LogP contribution in [0.5, 0.6) is 11.5 Å². The Morgan fingerprint density at radius 2 is 1.91 bits per heavy atom. The highest BCUT2D eigenvalue weighted by Gasteiger charge is 2.37.